The van der Waals surface area contributed by atoms with Crippen LogP contribution in [-0.2, 0) is 13.2 Å². The molecule has 0 unspecified atom stereocenters. The van der Waals surface area contributed by atoms with E-state index in [1.54, 1.807) is 12.4 Å². The Morgan fingerprint density at radius 3 is 2.79 bits per heavy atom. The van der Waals surface area contributed by atoms with Crippen LogP contribution in [0.5, 0.6) is 0 Å². The number of hydrogen-bond donors (Lipinski definition) is 1. The van der Waals surface area contributed by atoms with Gasteiger partial charge in [-0.1, -0.05) is 6.07 Å². The fourth-order valence-electron chi connectivity index (χ4n) is 2.08. The molecule has 4 heteroatoms. The van der Waals surface area contributed by atoms with Crippen LogP contribution < -0.4 is 4.90 Å². The lowest BCUT2D eigenvalue weighted by molar-refractivity contribution is 0.282. The zero-order valence-electron chi connectivity index (χ0n) is 11.4. The van der Waals surface area contributed by atoms with Crippen LogP contribution in [0, 0.1) is 6.92 Å². The Kier molecular flexibility index (Phi) is 4.47. The Bertz CT molecular complexity index is 542. The zero-order valence-corrected chi connectivity index (χ0v) is 11.4. The van der Waals surface area contributed by atoms with Crippen molar-refractivity contribution in [3.63, 3.8) is 0 Å². The van der Waals surface area contributed by atoms with Crippen LogP contribution in [0.25, 0.3) is 0 Å². The number of anilines is 1. The van der Waals surface area contributed by atoms with Gasteiger partial charge in [-0.15, -0.1) is 0 Å². The number of hydrogen-bond acceptors (Lipinski definition) is 4. The lowest BCUT2D eigenvalue weighted by Crippen LogP contribution is -2.24. The first kappa shape index (κ1) is 13.5. The Labute approximate surface area is 113 Å². The average Bonchev–Trinajstić information content (AvgIpc) is 2.45. The summed E-state index contributed by atoms with van der Waals surface area (Å²) in [6, 6.07) is 7.87. The summed E-state index contributed by atoms with van der Waals surface area (Å²) in [5.41, 5.74) is 3.90. The fraction of sp³-hybridized carbons (Fsp3) is 0.333. The van der Waals surface area contributed by atoms with E-state index >= 15 is 0 Å². The highest BCUT2D eigenvalue weighted by molar-refractivity contribution is 5.51. The molecule has 0 aliphatic heterocycles. The molecular weight excluding hydrogens is 238 g/mol. The van der Waals surface area contributed by atoms with Crippen molar-refractivity contribution >= 4 is 5.69 Å². The van der Waals surface area contributed by atoms with Gasteiger partial charge in [-0.2, -0.15) is 0 Å². The summed E-state index contributed by atoms with van der Waals surface area (Å²) in [6.45, 7) is 5.66. The van der Waals surface area contributed by atoms with Crippen molar-refractivity contribution in [3.8, 4) is 0 Å². The summed E-state index contributed by atoms with van der Waals surface area (Å²) in [7, 11) is 0. The summed E-state index contributed by atoms with van der Waals surface area (Å²) in [4.78, 5) is 10.8. The fourth-order valence-corrected chi connectivity index (χ4v) is 2.08. The smallest absolute Gasteiger partial charge is 0.0703 e. The normalized spacial score (nSPS) is 10.5. The molecule has 0 aliphatic rings. The van der Waals surface area contributed by atoms with E-state index in [2.05, 4.69) is 21.8 Å². The SMILES string of the molecule is CCN(Cc1cccc(C)n1)c1cnccc1CO. The average molecular weight is 257 g/mol. The van der Waals surface area contributed by atoms with E-state index in [1.165, 1.54) is 0 Å². The third kappa shape index (κ3) is 3.29. The van der Waals surface area contributed by atoms with Gasteiger partial charge in [0.15, 0.2) is 0 Å². The van der Waals surface area contributed by atoms with E-state index < -0.39 is 0 Å². The molecule has 0 saturated carbocycles. The molecule has 2 rings (SSSR count). The molecule has 100 valence electrons. The predicted octanol–water partition coefficient (Wildman–Crippen LogP) is 2.30. The zero-order chi connectivity index (χ0) is 13.7. The minimum Gasteiger partial charge on any atom is -0.392 e. The van der Waals surface area contributed by atoms with Crippen LogP contribution in [0.2, 0.25) is 0 Å². The molecule has 0 aromatic carbocycles. The highest BCUT2D eigenvalue weighted by Crippen LogP contribution is 2.20. The maximum atomic E-state index is 9.40. The molecular formula is C15H19N3O. The van der Waals surface area contributed by atoms with Gasteiger partial charge in [-0.3, -0.25) is 9.97 Å². The second-order valence-corrected chi connectivity index (χ2v) is 4.45. The number of rotatable bonds is 5. The Morgan fingerprint density at radius 1 is 1.26 bits per heavy atom. The lowest BCUT2D eigenvalue weighted by Gasteiger charge is -2.24. The van der Waals surface area contributed by atoms with Crippen molar-refractivity contribution < 1.29 is 5.11 Å². The standard InChI is InChI=1S/C15H19N3O/c1-3-18(10-14-6-4-5-12(2)17-14)15-9-16-8-7-13(15)11-19/h4-9,19H,3,10-11H2,1-2H3. The maximum Gasteiger partial charge on any atom is 0.0703 e. The van der Waals surface area contributed by atoms with Gasteiger partial charge in [0.2, 0.25) is 0 Å². The quantitative estimate of drug-likeness (QED) is 0.893. The molecule has 2 aromatic rings. The molecule has 1 N–H and O–H groups in total. The molecule has 0 bridgehead atoms. The van der Waals surface area contributed by atoms with E-state index in [9.17, 15) is 5.11 Å². The molecule has 0 radical (unpaired) electrons. The monoisotopic (exact) mass is 257 g/mol. The maximum absolute atomic E-state index is 9.40. The van der Waals surface area contributed by atoms with Crippen molar-refractivity contribution in [2.75, 3.05) is 11.4 Å². The number of aromatic nitrogens is 2. The van der Waals surface area contributed by atoms with Gasteiger partial charge in [0.1, 0.15) is 0 Å². The molecule has 0 spiro atoms. The molecule has 0 saturated heterocycles. The number of pyridine rings is 2. The first-order chi connectivity index (χ1) is 9.24. The van der Waals surface area contributed by atoms with E-state index in [0.29, 0.717) is 0 Å². The summed E-state index contributed by atoms with van der Waals surface area (Å²) in [5.74, 6) is 0. The van der Waals surface area contributed by atoms with Crippen LogP contribution in [0.1, 0.15) is 23.9 Å². The van der Waals surface area contributed by atoms with Gasteiger partial charge >= 0.3 is 0 Å². The Hall–Kier alpha value is -1.94. The van der Waals surface area contributed by atoms with E-state index in [1.807, 2.05) is 31.2 Å². The van der Waals surface area contributed by atoms with Gasteiger partial charge in [0.25, 0.3) is 0 Å². The van der Waals surface area contributed by atoms with Crippen molar-refractivity contribution in [3.05, 3.63) is 53.6 Å². The number of aliphatic hydroxyl groups excluding tert-OH is 1. The van der Waals surface area contributed by atoms with Crippen LogP contribution in [0.3, 0.4) is 0 Å². The van der Waals surface area contributed by atoms with Gasteiger partial charge in [-0.05, 0) is 32.0 Å². The Morgan fingerprint density at radius 2 is 2.11 bits per heavy atom. The van der Waals surface area contributed by atoms with E-state index in [-0.39, 0.29) is 6.61 Å². The molecule has 19 heavy (non-hydrogen) atoms. The molecule has 0 atom stereocenters. The van der Waals surface area contributed by atoms with Crippen molar-refractivity contribution in [2.45, 2.75) is 27.0 Å². The first-order valence-corrected chi connectivity index (χ1v) is 6.45. The van der Waals surface area contributed by atoms with E-state index in [4.69, 9.17) is 0 Å². The van der Waals surface area contributed by atoms with E-state index in [0.717, 1.165) is 35.7 Å². The second kappa shape index (κ2) is 6.29. The summed E-state index contributed by atoms with van der Waals surface area (Å²) < 4.78 is 0. The first-order valence-electron chi connectivity index (χ1n) is 6.45. The molecule has 4 nitrogen and oxygen atoms in total. The molecule has 0 amide bonds. The Balaban J connectivity index is 2.25. The highest BCUT2D eigenvalue weighted by Gasteiger charge is 2.10. The van der Waals surface area contributed by atoms with Gasteiger partial charge < -0.3 is 10.0 Å². The van der Waals surface area contributed by atoms with Crippen molar-refractivity contribution in [1.82, 2.24) is 9.97 Å². The number of aryl methyl sites for hydroxylation is 1. The molecule has 0 fully saturated rings. The second-order valence-electron chi connectivity index (χ2n) is 4.45. The largest absolute Gasteiger partial charge is 0.392 e. The predicted molar refractivity (Wildman–Crippen MR) is 75.9 cm³/mol. The van der Waals surface area contributed by atoms with Crippen molar-refractivity contribution in [1.29, 1.82) is 0 Å². The lowest BCUT2D eigenvalue weighted by atomic mass is 10.2. The van der Waals surface area contributed by atoms with Gasteiger partial charge in [0, 0.05) is 24.0 Å². The van der Waals surface area contributed by atoms with Crippen LogP contribution in [0.4, 0.5) is 5.69 Å². The summed E-state index contributed by atoms with van der Waals surface area (Å²) in [6.07, 6.45) is 3.50. The molecule has 2 aromatic heterocycles. The molecule has 2 heterocycles. The number of aliphatic hydroxyl groups is 1. The third-order valence-electron chi connectivity index (χ3n) is 3.08. The van der Waals surface area contributed by atoms with Crippen LogP contribution in [0.15, 0.2) is 36.7 Å². The topological polar surface area (TPSA) is 49.2 Å². The minimum atomic E-state index is 0.0234. The van der Waals surface area contributed by atoms with Crippen LogP contribution in [-0.4, -0.2) is 21.6 Å². The van der Waals surface area contributed by atoms with Crippen LogP contribution >= 0.6 is 0 Å². The third-order valence-corrected chi connectivity index (χ3v) is 3.08. The molecule has 0 aliphatic carbocycles. The summed E-state index contributed by atoms with van der Waals surface area (Å²) in [5, 5.41) is 9.40. The number of nitrogens with zero attached hydrogens (tertiary/aromatic N) is 3. The van der Waals surface area contributed by atoms with Crippen molar-refractivity contribution in [2.24, 2.45) is 0 Å². The minimum absolute atomic E-state index is 0.0234. The highest BCUT2D eigenvalue weighted by atomic mass is 16.3. The van der Waals surface area contributed by atoms with Gasteiger partial charge in [-0.25, -0.2) is 0 Å². The van der Waals surface area contributed by atoms with Gasteiger partial charge in [0.05, 0.1) is 30.7 Å². The summed E-state index contributed by atoms with van der Waals surface area (Å²) >= 11 is 0.